The van der Waals surface area contributed by atoms with Crippen molar-refractivity contribution in [1.82, 2.24) is 5.32 Å². The van der Waals surface area contributed by atoms with Gasteiger partial charge in [0.15, 0.2) is 0 Å². The normalized spacial score (nSPS) is 25.7. The Morgan fingerprint density at radius 3 is 2.42 bits per heavy atom. The van der Waals surface area contributed by atoms with Gasteiger partial charge in [-0.25, -0.2) is 0 Å². The number of rotatable bonds is 5. The Hall–Kier alpha value is -2.01. The molecule has 1 aliphatic heterocycles. The molecule has 0 saturated heterocycles. The number of aryl methyl sites for hydroxylation is 2. The minimum atomic E-state index is -0.666. The molecular formula is C21H29NO4. The molecule has 0 aromatic heterocycles. The molecule has 2 N–H and O–H groups in total. The summed E-state index contributed by atoms with van der Waals surface area (Å²) in [6, 6.07) is 4.08. The monoisotopic (exact) mass is 359 g/mol. The van der Waals surface area contributed by atoms with Gasteiger partial charge in [0, 0.05) is 12.7 Å². The summed E-state index contributed by atoms with van der Waals surface area (Å²) in [5.74, 6) is 0.602. The molecule has 1 aromatic rings. The van der Waals surface area contributed by atoms with E-state index in [1.165, 1.54) is 0 Å². The van der Waals surface area contributed by atoms with Crippen LogP contribution < -0.4 is 10.1 Å². The predicted octanol–water partition coefficient (Wildman–Crippen LogP) is 3.55. The van der Waals surface area contributed by atoms with Crippen LogP contribution in [-0.2, 0) is 22.4 Å². The van der Waals surface area contributed by atoms with Crippen molar-refractivity contribution >= 4 is 11.5 Å². The van der Waals surface area contributed by atoms with Crippen LogP contribution in [0.25, 0.3) is 5.57 Å². The number of hydrogen-bond acceptors (Lipinski definition) is 4. The molecule has 2 aliphatic rings. The van der Waals surface area contributed by atoms with Crippen LogP contribution in [0, 0.1) is 0 Å². The van der Waals surface area contributed by atoms with Gasteiger partial charge < -0.3 is 19.9 Å². The summed E-state index contributed by atoms with van der Waals surface area (Å²) in [6.45, 7) is 4.15. The molecule has 1 spiro atoms. The van der Waals surface area contributed by atoms with Gasteiger partial charge in [0.1, 0.15) is 11.5 Å². The van der Waals surface area contributed by atoms with E-state index in [0.717, 1.165) is 42.4 Å². The van der Waals surface area contributed by atoms with Gasteiger partial charge in [-0.3, -0.25) is 4.79 Å². The Morgan fingerprint density at radius 2 is 1.88 bits per heavy atom. The zero-order valence-electron chi connectivity index (χ0n) is 16.1. The van der Waals surface area contributed by atoms with Crippen molar-refractivity contribution in [3.63, 3.8) is 0 Å². The van der Waals surface area contributed by atoms with Crippen molar-refractivity contribution in [2.24, 2.45) is 0 Å². The standard InChI is InChI=1S/C21H29NO4/c1-5-13-11-14(6-2)17(16(12-13)26-4)18-19(23)21(22-20(18)24)9-7-15(25-3)8-10-21/h11-12,15,23H,5-10H2,1-4H3,(H,22,24). The van der Waals surface area contributed by atoms with Gasteiger partial charge in [0.25, 0.3) is 5.91 Å². The van der Waals surface area contributed by atoms with Crippen LogP contribution in [0.1, 0.15) is 56.2 Å². The first-order chi connectivity index (χ1) is 12.5. The molecule has 5 heteroatoms. The average molecular weight is 359 g/mol. The van der Waals surface area contributed by atoms with Crippen molar-refractivity contribution in [2.75, 3.05) is 14.2 Å². The summed E-state index contributed by atoms with van der Waals surface area (Å²) < 4.78 is 11.0. The highest BCUT2D eigenvalue weighted by Gasteiger charge is 2.48. The first-order valence-electron chi connectivity index (χ1n) is 9.48. The fraction of sp³-hybridized carbons (Fsp3) is 0.571. The van der Waals surface area contributed by atoms with Crippen molar-refractivity contribution in [3.05, 3.63) is 34.6 Å². The summed E-state index contributed by atoms with van der Waals surface area (Å²) in [4.78, 5) is 12.9. The second-order valence-electron chi connectivity index (χ2n) is 7.23. The molecule has 1 heterocycles. The second kappa shape index (κ2) is 7.31. The summed E-state index contributed by atoms with van der Waals surface area (Å²) in [7, 11) is 3.33. The van der Waals surface area contributed by atoms with Crippen molar-refractivity contribution in [2.45, 2.75) is 64.0 Å². The highest BCUT2D eigenvalue weighted by molar-refractivity contribution is 6.24. The van der Waals surface area contributed by atoms with Crippen LogP contribution in [0.2, 0.25) is 0 Å². The fourth-order valence-corrected chi connectivity index (χ4v) is 4.26. The van der Waals surface area contributed by atoms with E-state index in [2.05, 4.69) is 25.2 Å². The summed E-state index contributed by atoms with van der Waals surface area (Å²) in [5.41, 5.74) is 2.63. The lowest BCUT2D eigenvalue weighted by Crippen LogP contribution is -2.48. The Kier molecular flexibility index (Phi) is 5.28. The first kappa shape index (κ1) is 18.8. The number of amides is 1. The lowest BCUT2D eigenvalue weighted by Gasteiger charge is -2.36. The van der Waals surface area contributed by atoms with E-state index in [-0.39, 0.29) is 17.8 Å². The Balaban J connectivity index is 2.10. The molecule has 1 amide bonds. The number of benzene rings is 1. The quantitative estimate of drug-likeness (QED) is 0.844. The maximum atomic E-state index is 12.9. The van der Waals surface area contributed by atoms with Crippen molar-refractivity contribution in [3.8, 4) is 5.75 Å². The molecule has 0 radical (unpaired) electrons. The fourth-order valence-electron chi connectivity index (χ4n) is 4.26. The molecule has 5 nitrogen and oxygen atoms in total. The third kappa shape index (κ3) is 2.98. The highest BCUT2D eigenvalue weighted by Crippen LogP contribution is 2.44. The van der Waals surface area contributed by atoms with E-state index in [9.17, 15) is 9.90 Å². The number of hydrogen-bond donors (Lipinski definition) is 2. The SMILES string of the molecule is CCc1cc(CC)c(C2=C(O)C3(CCC(OC)CC3)NC2=O)c(OC)c1. The smallest absolute Gasteiger partial charge is 0.256 e. The molecule has 3 rings (SSSR count). The molecule has 142 valence electrons. The average Bonchev–Trinajstić information content (AvgIpc) is 2.90. The van der Waals surface area contributed by atoms with Gasteiger partial charge in [-0.05, 0) is 55.7 Å². The zero-order chi connectivity index (χ0) is 18.9. The van der Waals surface area contributed by atoms with E-state index in [1.807, 2.05) is 6.07 Å². The second-order valence-corrected chi connectivity index (χ2v) is 7.23. The molecule has 0 unspecified atom stereocenters. The third-order valence-corrected chi connectivity index (χ3v) is 5.89. The predicted molar refractivity (Wildman–Crippen MR) is 101 cm³/mol. The molecule has 0 bridgehead atoms. The van der Waals surface area contributed by atoms with Gasteiger partial charge in [-0.1, -0.05) is 19.9 Å². The molecular weight excluding hydrogens is 330 g/mol. The molecule has 1 aliphatic carbocycles. The van der Waals surface area contributed by atoms with Gasteiger partial charge >= 0.3 is 0 Å². The summed E-state index contributed by atoms with van der Waals surface area (Å²) in [5, 5.41) is 14.2. The minimum Gasteiger partial charge on any atom is -0.509 e. The van der Waals surface area contributed by atoms with E-state index in [1.54, 1.807) is 14.2 Å². The molecule has 1 fully saturated rings. The maximum absolute atomic E-state index is 12.9. The number of carbonyl (C=O) groups excluding carboxylic acids is 1. The van der Waals surface area contributed by atoms with Crippen LogP contribution >= 0.6 is 0 Å². The molecule has 1 saturated carbocycles. The van der Waals surface area contributed by atoms with E-state index < -0.39 is 5.54 Å². The Bertz CT molecular complexity index is 705. The molecule has 0 atom stereocenters. The summed E-state index contributed by atoms with van der Waals surface area (Å²) in [6.07, 6.45) is 4.86. The van der Waals surface area contributed by atoms with Gasteiger partial charge in [0.05, 0.1) is 24.3 Å². The number of aliphatic hydroxyl groups is 1. The van der Waals surface area contributed by atoms with E-state index in [4.69, 9.17) is 9.47 Å². The number of methoxy groups -OCH3 is 2. The Morgan fingerprint density at radius 1 is 1.19 bits per heavy atom. The number of aliphatic hydroxyl groups excluding tert-OH is 1. The van der Waals surface area contributed by atoms with Crippen LogP contribution in [0.3, 0.4) is 0 Å². The van der Waals surface area contributed by atoms with Gasteiger partial charge in [-0.15, -0.1) is 0 Å². The van der Waals surface area contributed by atoms with Crippen LogP contribution in [0.4, 0.5) is 0 Å². The largest absolute Gasteiger partial charge is 0.509 e. The number of carbonyl (C=O) groups is 1. The highest BCUT2D eigenvalue weighted by atomic mass is 16.5. The third-order valence-electron chi connectivity index (χ3n) is 5.89. The van der Waals surface area contributed by atoms with Crippen LogP contribution in [0.15, 0.2) is 17.9 Å². The summed E-state index contributed by atoms with van der Waals surface area (Å²) >= 11 is 0. The van der Waals surface area contributed by atoms with E-state index in [0.29, 0.717) is 24.2 Å². The van der Waals surface area contributed by atoms with Crippen LogP contribution in [-0.4, -0.2) is 36.9 Å². The molecule has 1 aromatic carbocycles. The van der Waals surface area contributed by atoms with Gasteiger partial charge in [-0.2, -0.15) is 0 Å². The topological polar surface area (TPSA) is 67.8 Å². The lowest BCUT2D eigenvalue weighted by atomic mass is 9.79. The van der Waals surface area contributed by atoms with Crippen molar-refractivity contribution < 1.29 is 19.4 Å². The first-order valence-corrected chi connectivity index (χ1v) is 9.48. The van der Waals surface area contributed by atoms with Crippen molar-refractivity contribution in [1.29, 1.82) is 0 Å². The number of nitrogens with one attached hydrogen (secondary N) is 1. The Labute approximate surface area is 155 Å². The lowest BCUT2D eigenvalue weighted by molar-refractivity contribution is -0.116. The molecule has 26 heavy (non-hydrogen) atoms. The minimum absolute atomic E-state index is 0.161. The van der Waals surface area contributed by atoms with Crippen LogP contribution in [0.5, 0.6) is 5.75 Å². The van der Waals surface area contributed by atoms with E-state index >= 15 is 0 Å². The van der Waals surface area contributed by atoms with Gasteiger partial charge in [0.2, 0.25) is 0 Å². The number of ether oxygens (including phenoxy) is 2. The maximum Gasteiger partial charge on any atom is 0.256 e. The zero-order valence-corrected chi connectivity index (χ0v) is 16.1.